The summed E-state index contributed by atoms with van der Waals surface area (Å²) in [4.78, 5) is 11.9. The Bertz CT molecular complexity index is 557. The molecule has 0 radical (unpaired) electrons. The van der Waals surface area contributed by atoms with Crippen LogP contribution in [0.15, 0.2) is 0 Å². The van der Waals surface area contributed by atoms with Crippen molar-refractivity contribution in [2.45, 2.75) is 56.8 Å². The van der Waals surface area contributed by atoms with E-state index in [1.165, 1.54) is 43.5 Å². The third-order valence-corrected chi connectivity index (χ3v) is 7.18. The summed E-state index contributed by atoms with van der Waals surface area (Å²) in [7, 11) is 0. The second-order valence-corrected chi connectivity index (χ2v) is 8.85. The normalized spacial score (nSPS) is 40.5. The highest BCUT2D eigenvalue weighted by Crippen LogP contribution is 2.61. The van der Waals surface area contributed by atoms with E-state index in [1.54, 1.807) is 11.3 Å². The molecule has 5 fully saturated rings. The first kappa shape index (κ1) is 12.6. The molecule has 0 atom stereocenters. The van der Waals surface area contributed by atoms with Crippen LogP contribution in [0.1, 0.15) is 56.4 Å². The van der Waals surface area contributed by atoms with Crippen molar-refractivity contribution in [3.05, 3.63) is 5.01 Å². The van der Waals surface area contributed by atoms with Crippen LogP contribution in [0.2, 0.25) is 0 Å². The van der Waals surface area contributed by atoms with Crippen LogP contribution in [0.25, 0.3) is 0 Å². The molecule has 4 nitrogen and oxygen atoms in total. The predicted molar refractivity (Wildman–Crippen MR) is 81.1 cm³/mol. The number of nitrogens with one attached hydrogen (secondary N) is 1. The van der Waals surface area contributed by atoms with Gasteiger partial charge in [0.1, 0.15) is 5.01 Å². The number of hydrogen-bond donors (Lipinski definition) is 1. The van der Waals surface area contributed by atoms with Crippen LogP contribution in [0.3, 0.4) is 0 Å². The molecule has 1 aromatic rings. The van der Waals surface area contributed by atoms with Gasteiger partial charge in [-0.05, 0) is 69.1 Å². The van der Waals surface area contributed by atoms with Gasteiger partial charge in [-0.25, -0.2) is 0 Å². The maximum absolute atomic E-state index is 11.9. The standard InChI is InChI=1S/C16H21N3OS/c20-13(12-1-2-12)17-15-19-18-14(21-15)16-6-9-3-10(7-16)5-11(4-9)8-16/h9-12H,1-8H2,(H,17,19,20). The van der Waals surface area contributed by atoms with Crippen LogP contribution in [0.5, 0.6) is 0 Å². The van der Waals surface area contributed by atoms with Crippen molar-refractivity contribution in [2.24, 2.45) is 23.7 Å². The molecule has 0 spiro atoms. The van der Waals surface area contributed by atoms with Crippen molar-refractivity contribution in [2.75, 3.05) is 5.32 Å². The Balaban J connectivity index is 1.40. The van der Waals surface area contributed by atoms with Crippen molar-refractivity contribution >= 4 is 22.4 Å². The van der Waals surface area contributed by atoms with E-state index >= 15 is 0 Å². The van der Waals surface area contributed by atoms with E-state index in [2.05, 4.69) is 15.5 Å². The molecule has 0 aliphatic heterocycles. The zero-order chi connectivity index (χ0) is 14.0. The third-order valence-electron chi connectivity index (χ3n) is 6.10. The molecule has 4 bridgehead atoms. The largest absolute Gasteiger partial charge is 0.300 e. The summed E-state index contributed by atoms with van der Waals surface area (Å²) >= 11 is 1.64. The number of hydrogen-bond acceptors (Lipinski definition) is 4. The highest BCUT2D eigenvalue weighted by atomic mass is 32.1. The average Bonchev–Trinajstić information content (AvgIpc) is 3.17. The third kappa shape index (κ3) is 2.04. The Morgan fingerprint density at radius 3 is 2.24 bits per heavy atom. The molecule has 5 aliphatic rings. The van der Waals surface area contributed by atoms with E-state index in [0.29, 0.717) is 5.41 Å². The zero-order valence-corrected chi connectivity index (χ0v) is 13.0. The summed E-state index contributed by atoms with van der Waals surface area (Å²) in [5.74, 6) is 3.14. The maximum Gasteiger partial charge on any atom is 0.229 e. The first-order chi connectivity index (χ1) is 10.2. The van der Waals surface area contributed by atoms with Crippen LogP contribution in [-0.2, 0) is 10.2 Å². The van der Waals surface area contributed by atoms with Gasteiger partial charge in [0, 0.05) is 11.3 Å². The molecule has 6 rings (SSSR count). The minimum Gasteiger partial charge on any atom is -0.300 e. The lowest BCUT2D eigenvalue weighted by molar-refractivity contribution is -0.117. The summed E-state index contributed by atoms with van der Waals surface area (Å²) in [6, 6.07) is 0. The van der Waals surface area contributed by atoms with E-state index in [9.17, 15) is 4.79 Å². The van der Waals surface area contributed by atoms with Gasteiger partial charge in [0.25, 0.3) is 0 Å². The summed E-state index contributed by atoms with van der Waals surface area (Å²) in [6.07, 6.45) is 10.3. The van der Waals surface area contributed by atoms with E-state index in [0.717, 1.165) is 35.7 Å². The SMILES string of the molecule is O=C(Nc1nnc(C23CC4CC(CC(C4)C2)C3)s1)C1CC1. The number of carbonyl (C=O) groups is 1. The van der Waals surface area contributed by atoms with Gasteiger partial charge in [0.2, 0.25) is 11.0 Å². The van der Waals surface area contributed by atoms with Gasteiger partial charge in [0.05, 0.1) is 0 Å². The first-order valence-electron chi connectivity index (χ1n) is 8.35. The molecule has 1 heterocycles. The summed E-state index contributed by atoms with van der Waals surface area (Å²) in [6.45, 7) is 0. The quantitative estimate of drug-likeness (QED) is 0.931. The predicted octanol–water partition coefficient (Wildman–Crippen LogP) is 3.35. The molecule has 1 amide bonds. The topological polar surface area (TPSA) is 54.9 Å². The zero-order valence-electron chi connectivity index (χ0n) is 12.2. The Kier molecular flexibility index (Phi) is 2.56. The van der Waals surface area contributed by atoms with Crippen molar-refractivity contribution in [1.29, 1.82) is 0 Å². The van der Waals surface area contributed by atoms with Gasteiger partial charge < -0.3 is 5.32 Å². The Morgan fingerprint density at radius 1 is 1.05 bits per heavy atom. The van der Waals surface area contributed by atoms with Gasteiger partial charge >= 0.3 is 0 Å². The van der Waals surface area contributed by atoms with Crippen LogP contribution in [0, 0.1) is 23.7 Å². The second-order valence-electron chi connectivity index (χ2n) is 7.87. The Morgan fingerprint density at radius 2 is 1.67 bits per heavy atom. The molecule has 21 heavy (non-hydrogen) atoms. The number of carbonyl (C=O) groups excluding carboxylic acids is 1. The molecule has 112 valence electrons. The van der Waals surface area contributed by atoms with Crippen molar-refractivity contribution in [3.63, 3.8) is 0 Å². The average molecular weight is 303 g/mol. The fraction of sp³-hybridized carbons (Fsp3) is 0.812. The molecule has 0 saturated heterocycles. The lowest BCUT2D eigenvalue weighted by atomic mass is 9.50. The fourth-order valence-corrected chi connectivity index (χ4v) is 6.38. The molecule has 5 heteroatoms. The number of anilines is 1. The lowest BCUT2D eigenvalue weighted by Crippen LogP contribution is -2.48. The molecule has 1 N–H and O–H groups in total. The van der Waals surface area contributed by atoms with Gasteiger partial charge in [0.15, 0.2) is 0 Å². The van der Waals surface area contributed by atoms with Crippen LogP contribution in [-0.4, -0.2) is 16.1 Å². The van der Waals surface area contributed by atoms with Crippen molar-refractivity contribution in [3.8, 4) is 0 Å². The van der Waals surface area contributed by atoms with Crippen molar-refractivity contribution < 1.29 is 4.79 Å². The smallest absolute Gasteiger partial charge is 0.229 e. The first-order valence-corrected chi connectivity index (χ1v) is 9.17. The van der Waals surface area contributed by atoms with Gasteiger partial charge in [-0.1, -0.05) is 11.3 Å². The van der Waals surface area contributed by atoms with Crippen LogP contribution >= 0.6 is 11.3 Å². The molecular formula is C16H21N3OS. The highest BCUT2D eigenvalue weighted by molar-refractivity contribution is 7.15. The molecule has 5 saturated carbocycles. The fourth-order valence-electron chi connectivity index (χ4n) is 5.41. The van der Waals surface area contributed by atoms with Crippen molar-refractivity contribution in [1.82, 2.24) is 10.2 Å². The molecule has 5 aliphatic carbocycles. The Labute approximate surface area is 128 Å². The Hall–Kier alpha value is -0.970. The van der Waals surface area contributed by atoms with Gasteiger partial charge in [-0.15, -0.1) is 10.2 Å². The van der Waals surface area contributed by atoms with Crippen LogP contribution < -0.4 is 5.32 Å². The molecule has 0 unspecified atom stereocenters. The van der Waals surface area contributed by atoms with E-state index in [1.807, 2.05) is 0 Å². The molecular weight excluding hydrogens is 282 g/mol. The minimum absolute atomic E-state index is 0.142. The molecule has 1 aromatic heterocycles. The van der Waals surface area contributed by atoms with E-state index in [4.69, 9.17) is 0 Å². The number of amides is 1. The highest BCUT2D eigenvalue weighted by Gasteiger charge is 2.53. The molecule has 0 aromatic carbocycles. The van der Waals surface area contributed by atoms with E-state index in [-0.39, 0.29) is 11.8 Å². The monoisotopic (exact) mass is 303 g/mol. The summed E-state index contributed by atoms with van der Waals surface area (Å²) in [5.41, 5.74) is 0.301. The maximum atomic E-state index is 11.9. The second kappa shape index (κ2) is 4.28. The van der Waals surface area contributed by atoms with Gasteiger partial charge in [-0.3, -0.25) is 4.79 Å². The van der Waals surface area contributed by atoms with Crippen LogP contribution in [0.4, 0.5) is 5.13 Å². The number of aromatic nitrogens is 2. The van der Waals surface area contributed by atoms with E-state index < -0.39 is 0 Å². The summed E-state index contributed by atoms with van der Waals surface area (Å²) in [5, 5.41) is 13.6. The number of nitrogens with zero attached hydrogens (tertiary/aromatic N) is 2. The summed E-state index contributed by atoms with van der Waals surface area (Å²) < 4.78 is 0. The lowest BCUT2D eigenvalue weighted by Gasteiger charge is -2.55. The minimum atomic E-state index is 0.142. The van der Waals surface area contributed by atoms with Gasteiger partial charge in [-0.2, -0.15) is 0 Å². The number of rotatable bonds is 3.